The van der Waals surface area contributed by atoms with E-state index in [2.05, 4.69) is 4.72 Å². The topological polar surface area (TPSA) is 92.8 Å². The fourth-order valence-electron chi connectivity index (χ4n) is 1.98. The van der Waals surface area contributed by atoms with Gasteiger partial charge in [-0.15, -0.1) is 0 Å². The van der Waals surface area contributed by atoms with Crippen LogP contribution in [0.1, 0.15) is 0 Å². The van der Waals surface area contributed by atoms with E-state index >= 15 is 0 Å². The number of anilines is 2. The first-order valence-electron chi connectivity index (χ1n) is 6.85. The quantitative estimate of drug-likeness (QED) is 0.838. The van der Waals surface area contributed by atoms with E-state index in [9.17, 15) is 16.8 Å². The summed E-state index contributed by atoms with van der Waals surface area (Å²) < 4.78 is 57.1. The highest BCUT2D eigenvalue weighted by Gasteiger charge is 2.21. The molecular weight excluding hydrogens is 352 g/mol. The van der Waals surface area contributed by atoms with Crippen LogP contribution in [-0.4, -0.2) is 37.2 Å². The van der Waals surface area contributed by atoms with Gasteiger partial charge in [0.05, 0.1) is 23.9 Å². The number of hydrogen-bond acceptors (Lipinski definition) is 5. The van der Waals surface area contributed by atoms with E-state index in [1.165, 1.54) is 32.4 Å². The Balaban J connectivity index is 2.48. The van der Waals surface area contributed by atoms with E-state index in [0.717, 1.165) is 10.6 Å². The fraction of sp³-hybridized carbons (Fsp3) is 0.200. The lowest BCUT2D eigenvalue weighted by atomic mass is 10.3. The summed E-state index contributed by atoms with van der Waals surface area (Å²) in [6, 6.07) is 12.4. The molecule has 0 saturated heterocycles. The van der Waals surface area contributed by atoms with Crippen LogP contribution in [0.3, 0.4) is 0 Å². The molecule has 0 heterocycles. The Morgan fingerprint density at radius 3 is 2.17 bits per heavy atom. The Labute approximate surface area is 142 Å². The van der Waals surface area contributed by atoms with Crippen LogP contribution in [0.4, 0.5) is 11.4 Å². The molecule has 7 nitrogen and oxygen atoms in total. The van der Waals surface area contributed by atoms with Crippen molar-refractivity contribution in [2.45, 2.75) is 4.90 Å². The first-order valence-corrected chi connectivity index (χ1v) is 10.2. The van der Waals surface area contributed by atoms with Gasteiger partial charge in [0.25, 0.3) is 10.0 Å². The van der Waals surface area contributed by atoms with Crippen molar-refractivity contribution < 1.29 is 21.6 Å². The highest BCUT2D eigenvalue weighted by atomic mass is 32.2. The van der Waals surface area contributed by atoms with Gasteiger partial charge >= 0.3 is 0 Å². The Bertz CT molecular complexity index is 926. The number of hydrogen-bond donors (Lipinski definition) is 1. The van der Waals surface area contributed by atoms with Crippen LogP contribution in [0, 0.1) is 0 Å². The second kappa shape index (κ2) is 6.70. The van der Waals surface area contributed by atoms with Gasteiger partial charge in [0.2, 0.25) is 10.0 Å². The van der Waals surface area contributed by atoms with E-state index in [1.807, 2.05) is 0 Å². The molecule has 0 aromatic heterocycles. The van der Waals surface area contributed by atoms with Crippen molar-refractivity contribution in [1.29, 1.82) is 0 Å². The molecule has 0 fully saturated rings. The zero-order valence-electron chi connectivity index (χ0n) is 13.4. The number of para-hydroxylation sites is 1. The summed E-state index contributed by atoms with van der Waals surface area (Å²) in [6.45, 7) is 0. The summed E-state index contributed by atoms with van der Waals surface area (Å²) >= 11 is 0. The van der Waals surface area contributed by atoms with E-state index in [1.54, 1.807) is 30.3 Å². The number of methoxy groups -OCH3 is 1. The van der Waals surface area contributed by atoms with Crippen LogP contribution >= 0.6 is 0 Å². The third kappa shape index (κ3) is 3.98. The molecule has 0 bridgehead atoms. The second-order valence-corrected chi connectivity index (χ2v) is 8.73. The van der Waals surface area contributed by atoms with Crippen LogP contribution in [0.5, 0.6) is 5.75 Å². The second-order valence-electron chi connectivity index (χ2n) is 5.04. The lowest BCUT2D eigenvalue weighted by molar-refractivity contribution is 0.415. The number of rotatable bonds is 6. The predicted molar refractivity (Wildman–Crippen MR) is 93.5 cm³/mol. The van der Waals surface area contributed by atoms with Gasteiger partial charge in [0.1, 0.15) is 5.75 Å². The molecule has 0 spiro atoms. The van der Waals surface area contributed by atoms with E-state index in [0.29, 0.717) is 5.69 Å². The molecule has 130 valence electrons. The predicted octanol–water partition coefficient (Wildman–Crippen LogP) is 1.89. The highest BCUT2D eigenvalue weighted by Crippen LogP contribution is 2.32. The number of sulfonamides is 2. The van der Waals surface area contributed by atoms with Crippen molar-refractivity contribution in [3.63, 3.8) is 0 Å². The van der Waals surface area contributed by atoms with Crippen LogP contribution < -0.4 is 13.8 Å². The van der Waals surface area contributed by atoms with Crippen LogP contribution in [-0.2, 0) is 20.0 Å². The summed E-state index contributed by atoms with van der Waals surface area (Å²) in [6.07, 6.45) is 1.02. The smallest absolute Gasteiger partial charge is 0.261 e. The molecule has 0 aliphatic rings. The summed E-state index contributed by atoms with van der Waals surface area (Å²) in [4.78, 5) is -0.0716. The van der Waals surface area contributed by atoms with Gasteiger partial charge in [0.15, 0.2) is 0 Å². The van der Waals surface area contributed by atoms with Gasteiger partial charge in [-0.25, -0.2) is 16.8 Å². The molecule has 0 aliphatic heterocycles. The molecule has 0 aliphatic carbocycles. The highest BCUT2D eigenvalue weighted by molar-refractivity contribution is 7.93. The molecule has 2 aromatic carbocycles. The standard InChI is InChI=1S/C15H18N2O5S2/c1-17(23(3,18)19)14-11-13(9-10-15(14)22-2)24(20,21)16-12-7-5-4-6-8-12/h4-11,16H,1-3H3. The molecule has 0 amide bonds. The third-order valence-electron chi connectivity index (χ3n) is 3.32. The van der Waals surface area contributed by atoms with E-state index < -0.39 is 20.0 Å². The van der Waals surface area contributed by atoms with Gasteiger partial charge in [-0.1, -0.05) is 18.2 Å². The average molecular weight is 370 g/mol. The molecule has 9 heteroatoms. The maximum absolute atomic E-state index is 12.5. The minimum absolute atomic E-state index is 0.0716. The van der Waals surface area contributed by atoms with Crippen molar-refractivity contribution >= 4 is 31.4 Å². The largest absolute Gasteiger partial charge is 0.495 e. The molecule has 0 atom stereocenters. The SMILES string of the molecule is COc1ccc(S(=O)(=O)Nc2ccccc2)cc1N(C)S(C)(=O)=O. The molecule has 0 saturated carbocycles. The van der Waals surface area contributed by atoms with Crippen molar-refractivity contribution in [2.24, 2.45) is 0 Å². The first-order chi connectivity index (χ1) is 11.1. The summed E-state index contributed by atoms with van der Waals surface area (Å²) in [5, 5.41) is 0. The molecule has 24 heavy (non-hydrogen) atoms. The lowest BCUT2D eigenvalue weighted by Crippen LogP contribution is -2.25. The van der Waals surface area contributed by atoms with Gasteiger partial charge in [-0.2, -0.15) is 0 Å². The molecule has 2 aromatic rings. The minimum Gasteiger partial charge on any atom is -0.495 e. The van der Waals surface area contributed by atoms with Crippen molar-refractivity contribution in [1.82, 2.24) is 0 Å². The Morgan fingerprint density at radius 1 is 1.00 bits per heavy atom. The van der Waals surface area contributed by atoms with Crippen molar-refractivity contribution in [2.75, 3.05) is 29.4 Å². The summed E-state index contributed by atoms with van der Waals surface area (Å²) in [5.74, 6) is 0.251. The molecule has 0 unspecified atom stereocenters. The van der Waals surface area contributed by atoms with Crippen molar-refractivity contribution in [3.8, 4) is 5.75 Å². The Hall–Kier alpha value is -2.26. The molecule has 2 rings (SSSR count). The van der Waals surface area contributed by atoms with Gasteiger partial charge in [0, 0.05) is 12.7 Å². The summed E-state index contributed by atoms with van der Waals surface area (Å²) in [5.41, 5.74) is 0.544. The number of nitrogens with zero attached hydrogens (tertiary/aromatic N) is 1. The monoisotopic (exact) mass is 370 g/mol. The van der Waals surface area contributed by atoms with Crippen LogP contribution in [0.15, 0.2) is 53.4 Å². The zero-order valence-corrected chi connectivity index (χ0v) is 15.1. The minimum atomic E-state index is -3.87. The van der Waals surface area contributed by atoms with E-state index in [4.69, 9.17) is 4.74 Å². The first kappa shape index (κ1) is 18.1. The molecule has 0 radical (unpaired) electrons. The van der Waals surface area contributed by atoms with E-state index in [-0.39, 0.29) is 16.3 Å². The Morgan fingerprint density at radius 2 is 1.62 bits per heavy atom. The molecule has 1 N–H and O–H groups in total. The van der Waals surface area contributed by atoms with Gasteiger partial charge in [-0.05, 0) is 30.3 Å². The average Bonchev–Trinajstić information content (AvgIpc) is 2.53. The maximum atomic E-state index is 12.5. The van der Waals surface area contributed by atoms with Gasteiger partial charge in [-0.3, -0.25) is 9.03 Å². The lowest BCUT2D eigenvalue weighted by Gasteiger charge is -2.20. The normalized spacial score (nSPS) is 11.8. The maximum Gasteiger partial charge on any atom is 0.261 e. The third-order valence-corrected chi connectivity index (χ3v) is 5.89. The number of ether oxygens (including phenoxy) is 1. The Kier molecular flexibility index (Phi) is 5.05. The van der Waals surface area contributed by atoms with Crippen LogP contribution in [0.2, 0.25) is 0 Å². The van der Waals surface area contributed by atoms with Crippen LogP contribution in [0.25, 0.3) is 0 Å². The van der Waals surface area contributed by atoms with Gasteiger partial charge < -0.3 is 4.74 Å². The molecular formula is C15H18N2O5S2. The fourth-order valence-corrected chi connectivity index (χ4v) is 3.56. The number of benzene rings is 2. The zero-order chi connectivity index (χ0) is 18.0. The van der Waals surface area contributed by atoms with Crippen molar-refractivity contribution in [3.05, 3.63) is 48.5 Å². The number of nitrogens with one attached hydrogen (secondary N) is 1. The summed E-state index contributed by atoms with van der Waals surface area (Å²) in [7, 11) is -4.73.